The van der Waals surface area contributed by atoms with Crippen LogP contribution in [0.25, 0.3) is 10.8 Å². The summed E-state index contributed by atoms with van der Waals surface area (Å²) < 4.78 is 1.26. The number of nitrogens with zero attached hydrogens (tertiary/aromatic N) is 5. The van der Waals surface area contributed by atoms with Gasteiger partial charge in [-0.15, -0.1) is 10.2 Å². The van der Waals surface area contributed by atoms with Gasteiger partial charge in [0.25, 0.3) is 5.82 Å². The molecule has 0 radical (unpaired) electrons. The molecule has 2 rings (SSSR count). The van der Waals surface area contributed by atoms with Gasteiger partial charge in [0.2, 0.25) is 10.1 Å². The van der Waals surface area contributed by atoms with E-state index in [0.29, 0.717) is 5.01 Å². The van der Waals surface area contributed by atoms with E-state index < -0.39 is 4.92 Å². The highest BCUT2D eigenvalue weighted by molar-refractivity contribution is 7.18. The molecule has 0 fully saturated rings. The second-order valence-electron chi connectivity index (χ2n) is 3.02. The molecule has 2 heterocycles. The maximum absolute atomic E-state index is 10.8. The number of rotatable bonds is 4. The number of nitrogen functional groups attached to an aromatic ring is 1. The second-order valence-corrected chi connectivity index (χ2v) is 4.03. The van der Waals surface area contributed by atoms with Gasteiger partial charge in [-0.3, -0.25) is 0 Å². The van der Waals surface area contributed by atoms with Crippen LogP contribution in [-0.2, 0) is 6.54 Å². The molecule has 0 aromatic carbocycles. The summed E-state index contributed by atoms with van der Waals surface area (Å²) in [7, 11) is 0. The number of nitro groups is 1. The van der Waals surface area contributed by atoms with Crippen molar-refractivity contribution >= 4 is 22.3 Å². The minimum Gasteiger partial charge on any atom is -0.392 e. The number of imidazole rings is 1. The third kappa shape index (κ3) is 2.07. The Morgan fingerprint density at radius 3 is 2.88 bits per heavy atom. The van der Waals surface area contributed by atoms with Crippen molar-refractivity contribution in [2.45, 2.75) is 6.54 Å². The Morgan fingerprint density at radius 2 is 2.35 bits per heavy atom. The normalized spacial score (nSPS) is 10.6. The van der Waals surface area contributed by atoms with Crippen molar-refractivity contribution in [1.29, 1.82) is 0 Å². The summed E-state index contributed by atoms with van der Waals surface area (Å²) in [5, 5.41) is 27.6. The summed E-state index contributed by atoms with van der Waals surface area (Å²) in [6, 6.07) is 0. The van der Waals surface area contributed by atoms with Crippen LogP contribution in [0.1, 0.15) is 0 Å². The third-order valence-electron chi connectivity index (χ3n) is 1.98. The zero-order chi connectivity index (χ0) is 12.4. The molecule has 0 saturated carbocycles. The van der Waals surface area contributed by atoms with Gasteiger partial charge in [-0.25, -0.2) is 9.55 Å². The quantitative estimate of drug-likeness (QED) is 0.575. The van der Waals surface area contributed by atoms with Crippen LogP contribution < -0.4 is 5.73 Å². The molecule has 3 N–H and O–H groups in total. The van der Waals surface area contributed by atoms with Gasteiger partial charge in [0.1, 0.15) is 12.7 Å². The molecular weight excluding hydrogens is 248 g/mol. The van der Waals surface area contributed by atoms with E-state index in [9.17, 15) is 10.1 Å². The SMILES string of the molecule is Nc1nnc(-c2ncc([N+](=O)[O-])n2CCO)s1. The number of aliphatic hydroxyl groups excluding tert-OH is 1. The highest BCUT2D eigenvalue weighted by Crippen LogP contribution is 2.27. The molecule has 0 atom stereocenters. The fraction of sp³-hybridized carbons (Fsp3) is 0.286. The van der Waals surface area contributed by atoms with Crippen LogP contribution in [0.4, 0.5) is 10.9 Å². The van der Waals surface area contributed by atoms with E-state index in [1.807, 2.05) is 0 Å². The van der Waals surface area contributed by atoms with Gasteiger partial charge in [-0.2, -0.15) is 0 Å². The zero-order valence-corrected chi connectivity index (χ0v) is 9.29. The van der Waals surface area contributed by atoms with Crippen molar-refractivity contribution in [3.8, 4) is 10.8 Å². The van der Waals surface area contributed by atoms with E-state index in [2.05, 4.69) is 15.2 Å². The number of hydrogen-bond donors (Lipinski definition) is 2. The van der Waals surface area contributed by atoms with Crippen molar-refractivity contribution in [2.75, 3.05) is 12.3 Å². The molecule has 90 valence electrons. The molecule has 0 amide bonds. The minimum absolute atomic E-state index is 0.0606. The fourth-order valence-corrected chi connectivity index (χ4v) is 1.94. The molecule has 10 heteroatoms. The van der Waals surface area contributed by atoms with Crippen LogP contribution in [-0.4, -0.2) is 36.4 Å². The molecule has 9 nitrogen and oxygen atoms in total. The van der Waals surface area contributed by atoms with Crippen molar-refractivity contribution in [2.24, 2.45) is 0 Å². The molecule has 0 saturated heterocycles. The summed E-state index contributed by atoms with van der Waals surface area (Å²) in [6.45, 7) is -0.177. The summed E-state index contributed by atoms with van der Waals surface area (Å²) in [5.74, 6) is 0.0720. The Labute approximate surface area is 98.7 Å². The van der Waals surface area contributed by atoms with Gasteiger partial charge >= 0.3 is 5.82 Å². The molecule has 17 heavy (non-hydrogen) atoms. The Hall–Kier alpha value is -2.07. The molecule has 0 aliphatic carbocycles. The molecule has 0 aliphatic heterocycles. The Bertz CT molecular complexity index is 550. The molecule has 0 spiro atoms. The average molecular weight is 256 g/mol. The summed E-state index contributed by atoms with van der Waals surface area (Å²) in [4.78, 5) is 14.1. The number of aromatic nitrogens is 4. The summed E-state index contributed by atoms with van der Waals surface area (Å²) in [6.07, 6.45) is 1.11. The molecule has 2 aromatic rings. The lowest BCUT2D eigenvalue weighted by Crippen LogP contribution is -2.07. The first-order valence-electron chi connectivity index (χ1n) is 4.53. The standard InChI is InChI=1S/C7H8N6O3S/c8-7-11-10-6(17-7)5-9-3-4(13(15)16)12(5)1-2-14/h3,14H,1-2H2,(H2,8,11). The lowest BCUT2D eigenvalue weighted by atomic mass is 10.5. The van der Waals surface area contributed by atoms with Gasteiger partial charge in [-0.05, 0) is 4.92 Å². The van der Waals surface area contributed by atoms with E-state index >= 15 is 0 Å². The third-order valence-corrected chi connectivity index (χ3v) is 2.73. The van der Waals surface area contributed by atoms with Crippen molar-refractivity contribution in [3.63, 3.8) is 0 Å². The smallest absolute Gasteiger partial charge is 0.343 e. The maximum Gasteiger partial charge on any atom is 0.343 e. The van der Waals surface area contributed by atoms with Gasteiger partial charge in [0, 0.05) is 0 Å². The van der Waals surface area contributed by atoms with E-state index in [1.165, 1.54) is 4.57 Å². The monoisotopic (exact) mass is 256 g/mol. The predicted molar refractivity (Wildman–Crippen MR) is 59.3 cm³/mol. The van der Waals surface area contributed by atoms with Crippen molar-refractivity contribution in [3.05, 3.63) is 16.3 Å². The molecule has 2 aromatic heterocycles. The van der Waals surface area contributed by atoms with Gasteiger partial charge in [-0.1, -0.05) is 11.3 Å². The van der Waals surface area contributed by atoms with Gasteiger partial charge in [0.15, 0.2) is 0 Å². The summed E-state index contributed by atoms with van der Waals surface area (Å²) in [5.41, 5.74) is 5.43. The maximum atomic E-state index is 10.8. The van der Waals surface area contributed by atoms with Crippen molar-refractivity contribution in [1.82, 2.24) is 19.7 Å². The number of nitrogens with two attached hydrogens (primary N) is 1. The van der Waals surface area contributed by atoms with Crippen LogP contribution in [0.2, 0.25) is 0 Å². The number of hydrogen-bond acceptors (Lipinski definition) is 8. The van der Waals surface area contributed by atoms with E-state index in [4.69, 9.17) is 10.8 Å². The number of aliphatic hydroxyl groups is 1. The second kappa shape index (κ2) is 4.43. The van der Waals surface area contributed by atoms with Crippen molar-refractivity contribution < 1.29 is 10.0 Å². The molecule has 0 aliphatic rings. The Kier molecular flexibility index (Phi) is 2.97. The van der Waals surface area contributed by atoms with Gasteiger partial charge in [0.05, 0.1) is 6.61 Å². The predicted octanol–water partition coefficient (Wildman–Crippen LogP) is -0.116. The molecule has 0 unspecified atom stereocenters. The minimum atomic E-state index is -0.573. The topological polar surface area (TPSA) is 133 Å². The molecular formula is C7H8N6O3S. The van der Waals surface area contributed by atoms with E-state index in [1.54, 1.807) is 0 Å². The average Bonchev–Trinajstić information content (AvgIpc) is 2.85. The molecule has 0 bridgehead atoms. The van der Waals surface area contributed by atoms with Gasteiger partial charge < -0.3 is 21.0 Å². The van der Waals surface area contributed by atoms with Crippen LogP contribution in [0.5, 0.6) is 0 Å². The van der Waals surface area contributed by atoms with Crippen LogP contribution in [0, 0.1) is 10.1 Å². The largest absolute Gasteiger partial charge is 0.392 e. The Balaban J connectivity index is 2.50. The van der Waals surface area contributed by atoms with Crippen LogP contribution in [0.15, 0.2) is 6.20 Å². The van der Waals surface area contributed by atoms with E-state index in [-0.39, 0.29) is 29.9 Å². The van der Waals surface area contributed by atoms with Crippen LogP contribution >= 0.6 is 11.3 Å². The number of anilines is 1. The highest BCUT2D eigenvalue weighted by atomic mass is 32.1. The first kappa shape index (κ1) is 11.4. The van der Waals surface area contributed by atoms with Crippen LogP contribution in [0.3, 0.4) is 0 Å². The summed E-state index contributed by atoms with van der Waals surface area (Å²) >= 11 is 1.07. The first-order valence-corrected chi connectivity index (χ1v) is 5.35. The fourth-order valence-electron chi connectivity index (χ4n) is 1.33. The zero-order valence-electron chi connectivity index (χ0n) is 8.48. The Morgan fingerprint density at radius 1 is 1.59 bits per heavy atom. The lowest BCUT2D eigenvalue weighted by molar-refractivity contribution is -0.392. The first-order chi connectivity index (χ1) is 8.13. The van der Waals surface area contributed by atoms with E-state index in [0.717, 1.165) is 17.5 Å². The lowest BCUT2D eigenvalue weighted by Gasteiger charge is -2.00. The highest BCUT2D eigenvalue weighted by Gasteiger charge is 2.23.